The molecule has 4 nitrogen and oxygen atoms in total. The molecule has 0 aliphatic carbocycles. The molecule has 0 unspecified atom stereocenters. The van der Waals surface area contributed by atoms with Gasteiger partial charge in [-0.2, -0.15) is 0 Å². The van der Waals surface area contributed by atoms with Gasteiger partial charge in [-0.25, -0.2) is 4.98 Å². The number of aryl methyl sites for hydroxylation is 1. The molecule has 3 aromatic rings. The highest BCUT2D eigenvalue weighted by atomic mass is 32.1. The van der Waals surface area contributed by atoms with E-state index in [2.05, 4.69) is 4.98 Å². The maximum Gasteiger partial charge on any atom is 0.193 e. The van der Waals surface area contributed by atoms with E-state index in [1.165, 1.54) is 6.26 Å². The summed E-state index contributed by atoms with van der Waals surface area (Å²) in [5, 5.41) is 1.97. The fourth-order valence-corrected chi connectivity index (χ4v) is 2.44. The number of imidazole rings is 1. The van der Waals surface area contributed by atoms with Crippen LogP contribution in [0.3, 0.4) is 0 Å². The summed E-state index contributed by atoms with van der Waals surface area (Å²) in [5.41, 5.74) is 1.40. The van der Waals surface area contributed by atoms with Crippen molar-refractivity contribution in [1.29, 1.82) is 0 Å². The minimum absolute atomic E-state index is 0.0348. The molecule has 0 fully saturated rings. The number of thiazole rings is 1. The molecule has 0 aliphatic rings. The van der Waals surface area contributed by atoms with Gasteiger partial charge in [-0.05, 0) is 13.0 Å². The Labute approximate surface area is 102 Å². The van der Waals surface area contributed by atoms with Gasteiger partial charge in [0.1, 0.15) is 12.0 Å². The van der Waals surface area contributed by atoms with E-state index >= 15 is 0 Å². The molecule has 0 aromatic carbocycles. The predicted octanol–water partition coefficient (Wildman–Crippen LogP) is 2.72. The average Bonchev–Trinajstić information content (AvgIpc) is 2.92. The molecule has 0 saturated heterocycles. The Bertz CT molecular complexity index is 649. The number of furan rings is 1. The highest BCUT2D eigenvalue weighted by Crippen LogP contribution is 2.14. The van der Waals surface area contributed by atoms with E-state index in [-0.39, 0.29) is 5.78 Å². The Kier molecular flexibility index (Phi) is 2.33. The lowest BCUT2D eigenvalue weighted by Gasteiger charge is -1.92. The van der Waals surface area contributed by atoms with Crippen molar-refractivity contribution in [1.82, 2.24) is 9.38 Å². The molecule has 3 aromatic heterocycles. The van der Waals surface area contributed by atoms with Crippen molar-refractivity contribution in [3.63, 3.8) is 0 Å². The summed E-state index contributed by atoms with van der Waals surface area (Å²) in [6.07, 6.45) is 5.63. The highest BCUT2D eigenvalue weighted by Gasteiger charge is 2.12. The molecule has 3 heterocycles. The van der Waals surface area contributed by atoms with Gasteiger partial charge >= 0.3 is 0 Å². The maximum absolute atomic E-state index is 11.9. The molecule has 0 bridgehead atoms. The molecule has 17 heavy (non-hydrogen) atoms. The zero-order valence-corrected chi connectivity index (χ0v) is 10.0. The number of hydrogen-bond acceptors (Lipinski definition) is 4. The second-order valence-electron chi connectivity index (χ2n) is 3.87. The van der Waals surface area contributed by atoms with Crippen LogP contribution in [0.1, 0.15) is 21.8 Å². The Morgan fingerprint density at radius 3 is 3.18 bits per heavy atom. The summed E-state index contributed by atoms with van der Waals surface area (Å²) in [5.74, 6) is 0.784. The number of carbonyl (C=O) groups is 1. The molecular weight excluding hydrogens is 236 g/mol. The van der Waals surface area contributed by atoms with E-state index in [1.807, 2.05) is 29.1 Å². The predicted molar refractivity (Wildman–Crippen MR) is 64.5 cm³/mol. The second-order valence-corrected chi connectivity index (χ2v) is 4.74. The first kappa shape index (κ1) is 10.3. The van der Waals surface area contributed by atoms with Crippen LogP contribution in [-0.4, -0.2) is 15.2 Å². The Hall–Kier alpha value is -1.88. The fraction of sp³-hybridized carbons (Fsp3) is 0.167. The Balaban J connectivity index is 1.83. The molecule has 0 aliphatic heterocycles. The van der Waals surface area contributed by atoms with Gasteiger partial charge in [0.2, 0.25) is 0 Å². The number of fused-ring (bicyclic) bond motifs is 1. The van der Waals surface area contributed by atoms with Crippen LogP contribution >= 0.6 is 11.3 Å². The van der Waals surface area contributed by atoms with Crippen LogP contribution < -0.4 is 0 Å². The number of rotatable bonds is 3. The SMILES string of the molecule is Cc1cc(C(=O)Cc2cn3ccsc3n2)co1. The number of Topliss-reactive ketones (excluding diaryl/α,β-unsaturated/α-hetero) is 1. The van der Waals surface area contributed by atoms with Crippen molar-refractivity contribution < 1.29 is 9.21 Å². The van der Waals surface area contributed by atoms with E-state index in [9.17, 15) is 4.79 Å². The summed E-state index contributed by atoms with van der Waals surface area (Å²) >= 11 is 1.56. The summed E-state index contributed by atoms with van der Waals surface area (Å²) < 4.78 is 7.05. The standard InChI is InChI=1S/C12H10N2O2S/c1-8-4-9(7-16-8)11(15)5-10-6-14-2-3-17-12(14)13-10/h2-4,6-7H,5H2,1H3. The van der Waals surface area contributed by atoms with Crippen molar-refractivity contribution in [2.75, 3.05) is 0 Å². The number of carbonyl (C=O) groups excluding carboxylic acids is 1. The topological polar surface area (TPSA) is 47.5 Å². The summed E-state index contributed by atoms with van der Waals surface area (Å²) in [6, 6.07) is 1.75. The van der Waals surface area contributed by atoms with Gasteiger partial charge < -0.3 is 4.42 Å². The lowest BCUT2D eigenvalue weighted by Crippen LogP contribution is -2.02. The molecule has 86 valence electrons. The fourth-order valence-electron chi connectivity index (χ4n) is 1.72. The lowest BCUT2D eigenvalue weighted by atomic mass is 10.1. The van der Waals surface area contributed by atoms with Crippen LogP contribution in [-0.2, 0) is 6.42 Å². The third-order valence-corrected chi connectivity index (χ3v) is 3.31. The minimum atomic E-state index is 0.0348. The van der Waals surface area contributed by atoms with Crippen LogP contribution in [0, 0.1) is 6.92 Å². The van der Waals surface area contributed by atoms with Crippen LogP contribution in [0.5, 0.6) is 0 Å². The summed E-state index contributed by atoms with van der Waals surface area (Å²) in [6.45, 7) is 1.82. The van der Waals surface area contributed by atoms with Gasteiger partial charge in [0.25, 0.3) is 0 Å². The molecule has 0 spiro atoms. The third kappa shape index (κ3) is 1.89. The smallest absolute Gasteiger partial charge is 0.193 e. The largest absolute Gasteiger partial charge is 0.469 e. The normalized spacial score (nSPS) is 11.1. The van der Waals surface area contributed by atoms with Gasteiger partial charge in [0.15, 0.2) is 10.7 Å². The molecule has 3 rings (SSSR count). The van der Waals surface area contributed by atoms with Gasteiger partial charge in [-0.3, -0.25) is 9.20 Å². The first-order valence-electron chi connectivity index (χ1n) is 5.22. The highest BCUT2D eigenvalue weighted by molar-refractivity contribution is 7.15. The number of ketones is 1. The molecule has 0 saturated carbocycles. The lowest BCUT2D eigenvalue weighted by molar-refractivity contribution is 0.0991. The van der Waals surface area contributed by atoms with E-state index < -0.39 is 0 Å². The second kappa shape index (κ2) is 3.85. The Morgan fingerprint density at radius 1 is 1.59 bits per heavy atom. The van der Waals surface area contributed by atoms with Crippen molar-refractivity contribution in [3.8, 4) is 0 Å². The zero-order valence-electron chi connectivity index (χ0n) is 9.21. The van der Waals surface area contributed by atoms with Gasteiger partial charge in [-0.1, -0.05) is 0 Å². The molecule has 5 heteroatoms. The van der Waals surface area contributed by atoms with Crippen LogP contribution in [0.2, 0.25) is 0 Å². The van der Waals surface area contributed by atoms with Crippen LogP contribution in [0.15, 0.2) is 34.5 Å². The zero-order chi connectivity index (χ0) is 11.8. The summed E-state index contributed by atoms with van der Waals surface area (Å²) in [4.78, 5) is 17.2. The first-order chi connectivity index (χ1) is 8.22. The third-order valence-electron chi connectivity index (χ3n) is 2.54. The minimum Gasteiger partial charge on any atom is -0.469 e. The van der Waals surface area contributed by atoms with E-state index in [0.29, 0.717) is 12.0 Å². The molecule has 0 amide bonds. The molecule has 0 N–H and O–H groups in total. The number of aromatic nitrogens is 2. The number of hydrogen-bond donors (Lipinski definition) is 0. The van der Waals surface area contributed by atoms with E-state index in [4.69, 9.17) is 4.42 Å². The monoisotopic (exact) mass is 246 g/mol. The van der Waals surface area contributed by atoms with Gasteiger partial charge in [-0.15, -0.1) is 11.3 Å². The van der Waals surface area contributed by atoms with Crippen LogP contribution in [0.4, 0.5) is 0 Å². The van der Waals surface area contributed by atoms with E-state index in [0.717, 1.165) is 16.4 Å². The maximum atomic E-state index is 11.9. The quantitative estimate of drug-likeness (QED) is 0.667. The first-order valence-corrected chi connectivity index (χ1v) is 6.10. The molecule has 0 radical (unpaired) electrons. The van der Waals surface area contributed by atoms with E-state index in [1.54, 1.807) is 17.4 Å². The van der Waals surface area contributed by atoms with Crippen molar-refractivity contribution >= 4 is 22.1 Å². The molecule has 0 atom stereocenters. The van der Waals surface area contributed by atoms with Gasteiger partial charge in [0.05, 0.1) is 17.7 Å². The molecular formula is C12H10N2O2S. The van der Waals surface area contributed by atoms with Gasteiger partial charge in [0, 0.05) is 17.8 Å². The summed E-state index contributed by atoms with van der Waals surface area (Å²) in [7, 11) is 0. The number of nitrogens with zero attached hydrogens (tertiary/aromatic N) is 2. The Morgan fingerprint density at radius 2 is 2.47 bits per heavy atom. The average molecular weight is 246 g/mol. The van der Waals surface area contributed by atoms with Crippen molar-refractivity contribution in [2.45, 2.75) is 13.3 Å². The van der Waals surface area contributed by atoms with Crippen LogP contribution in [0.25, 0.3) is 4.96 Å². The van der Waals surface area contributed by atoms with Crippen molar-refractivity contribution in [3.05, 3.63) is 47.1 Å². The van der Waals surface area contributed by atoms with Crippen molar-refractivity contribution in [2.24, 2.45) is 0 Å².